The van der Waals surface area contributed by atoms with E-state index < -0.39 is 0 Å². The van der Waals surface area contributed by atoms with Crippen LogP contribution >= 0.6 is 0 Å². The summed E-state index contributed by atoms with van der Waals surface area (Å²) in [7, 11) is 0. The van der Waals surface area contributed by atoms with Gasteiger partial charge in [0.05, 0.1) is 22.8 Å². The molecule has 1 aromatic carbocycles. The molecule has 0 aliphatic carbocycles. The summed E-state index contributed by atoms with van der Waals surface area (Å²) < 4.78 is 0. The Labute approximate surface area is 276 Å². The molecule has 226 valence electrons. The molecule has 0 fully saturated rings. The Morgan fingerprint density at radius 1 is 0.312 bits per heavy atom. The molecule has 9 rings (SSSR count). The number of aromatic amines is 2. The normalized spacial score (nSPS) is 12.0. The highest BCUT2D eigenvalue weighted by Gasteiger charge is 2.19. The van der Waals surface area contributed by atoms with Crippen LogP contribution in [0.4, 0.5) is 0 Å². The lowest BCUT2D eigenvalue weighted by Gasteiger charge is -2.06. The molecule has 6 aromatic heterocycles. The minimum Gasteiger partial charge on any atom is -0.354 e. The number of aromatic nitrogens is 7. The summed E-state index contributed by atoms with van der Waals surface area (Å²) in [6, 6.07) is 31.1. The van der Waals surface area contributed by atoms with Gasteiger partial charge in [-0.1, -0.05) is 30.3 Å². The van der Waals surface area contributed by atoms with Gasteiger partial charge in [0.25, 0.3) is 0 Å². The van der Waals surface area contributed by atoms with Crippen molar-refractivity contribution in [3.8, 4) is 44.5 Å². The standard InChI is InChI=1S/C41H27N7/c1-2-4-26(5-3-1)38-30-6-8-32(45-30)39(27-14-20-42-21-15-27)34-10-12-36(47-34)41(29-18-24-44-25-19-29)37-13-11-35(48-37)40(28-16-22-43-23-17-28)33-9-7-31(38)46-33/h1-25,45-46H. The topological polar surface area (TPSA) is 96.0 Å². The molecule has 0 spiro atoms. The van der Waals surface area contributed by atoms with E-state index in [1.54, 1.807) is 12.4 Å². The Morgan fingerprint density at radius 2 is 0.646 bits per heavy atom. The fraction of sp³-hybridized carbons (Fsp3) is 0. The van der Waals surface area contributed by atoms with Crippen molar-refractivity contribution in [1.82, 2.24) is 34.9 Å². The van der Waals surface area contributed by atoms with Crippen LogP contribution in [0.2, 0.25) is 0 Å². The molecule has 7 nitrogen and oxygen atoms in total. The van der Waals surface area contributed by atoms with Gasteiger partial charge in [-0.25, -0.2) is 9.97 Å². The van der Waals surface area contributed by atoms with Gasteiger partial charge >= 0.3 is 0 Å². The predicted octanol–water partition coefficient (Wildman–Crippen LogP) is 9.51. The van der Waals surface area contributed by atoms with E-state index in [2.05, 4.69) is 97.8 Å². The molecular formula is C41H27N7. The summed E-state index contributed by atoms with van der Waals surface area (Å²) in [4.78, 5) is 31.0. The van der Waals surface area contributed by atoms with E-state index in [-0.39, 0.29) is 0 Å². The summed E-state index contributed by atoms with van der Waals surface area (Å²) in [5.74, 6) is 0. The van der Waals surface area contributed by atoms with Gasteiger partial charge in [-0.2, -0.15) is 0 Å². The molecule has 8 bridgehead atoms. The lowest BCUT2D eigenvalue weighted by atomic mass is 10.0. The van der Waals surface area contributed by atoms with Crippen LogP contribution in [0.5, 0.6) is 0 Å². The van der Waals surface area contributed by atoms with Crippen molar-refractivity contribution in [2.24, 2.45) is 0 Å². The molecule has 2 N–H and O–H groups in total. The molecule has 8 heterocycles. The van der Waals surface area contributed by atoms with E-state index in [1.807, 2.05) is 67.3 Å². The zero-order valence-corrected chi connectivity index (χ0v) is 25.7. The molecule has 2 aliphatic rings. The SMILES string of the molecule is C1=Cc2nc1c(-c1ccncc1)c1nc(c(-c3ccncc3)c3ccc([nH]3)c(-c3ccccc3)c3ccc([nH]3)c2-c2ccncc2)C=C1. The number of hydrogen-bond donors (Lipinski definition) is 2. The first kappa shape index (κ1) is 27.6. The molecule has 0 saturated carbocycles. The number of rotatable bonds is 4. The first-order valence-electron chi connectivity index (χ1n) is 15.7. The molecule has 0 radical (unpaired) electrons. The van der Waals surface area contributed by atoms with Crippen molar-refractivity contribution < 1.29 is 0 Å². The summed E-state index contributed by atoms with van der Waals surface area (Å²) in [5, 5.41) is 0. The van der Waals surface area contributed by atoms with Crippen LogP contribution in [-0.4, -0.2) is 34.9 Å². The van der Waals surface area contributed by atoms with Crippen LogP contribution in [0.25, 0.3) is 90.9 Å². The molecule has 48 heavy (non-hydrogen) atoms. The van der Waals surface area contributed by atoms with Gasteiger partial charge in [-0.15, -0.1) is 0 Å². The van der Waals surface area contributed by atoms with Gasteiger partial charge in [0.15, 0.2) is 0 Å². The molecule has 0 amide bonds. The average molecular weight is 618 g/mol. The van der Waals surface area contributed by atoms with E-state index in [0.717, 1.165) is 89.4 Å². The van der Waals surface area contributed by atoms with Crippen LogP contribution < -0.4 is 0 Å². The van der Waals surface area contributed by atoms with E-state index >= 15 is 0 Å². The van der Waals surface area contributed by atoms with Crippen LogP contribution in [0.15, 0.2) is 128 Å². The van der Waals surface area contributed by atoms with Crippen LogP contribution in [0.3, 0.4) is 0 Å². The number of benzene rings is 1. The summed E-state index contributed by atoms with van der Waals surface area (Å²) >= 11 is 0. The van der Waals surface area contributed by atoms with Crippen LogP contribution in [-0.2, 0) is 0 Å². The second-order valence-electron chi connectivity index (χ2n) is 11.6. The van der Waals surface area contributed by atoms with Crippen molar-refractivity contribution in [3.05, 3.63) is 151 Å². The minimum atomic E-state index is 0.829. The van der Waals surface area contributed by atoms with Gasteiger partial charge < -0.3 is 9.97 Å². The third-order valence-electron chi connectivity index (χ3n) is 8.72. The fourth-order valence-corrected chi connectivity index (χ4v) is 6.58. The Morgan fingerprint density at radius 3 is 1.06 bits per heavy atom. The maximum atomic E-state index is 5.29. The maximum absolute atomic E-state index is 5.29. The number of H-pyrrole nitrogens is 2. The second kappa shape index (κ2) is 11.6. The highest BCUT2D eigenvalue weighted by molar-refractivity contribution is 6.00. The maximum Gasteiger partial charge on any atom is 0.0738 e. The van der Waals surface area contributed by atoms with E-state index in [1.165, 1.54) is 0 Å². The Balaban J connectivity index is 1.49. The van der Waals surface area contributed by atoms with E-state index in [9.17, 15) is 0 Å². The van der Waals surface area contributed by atoms with Crippen molar-refractivity contribution in [3.63, 3.8) is 0 Å². The summed E-state index contributed by atoms with van der Waals surface area (Å²) in [6.07, 6.45) is 19.2. The third-order valence-corrected chi connectivity index (χ3v) is 8.72. The van der Waals surface area contributed by atoms with Crippen molar-refractivity contribution >= 4 is 46.4 Å². The quantitative estimate of drug-likeness (QED) is 0.205. The van der Waals surface area contributed by atoms with Crippen molar-refractivity contribution in [2.75, 3.05) is 0 Å². The smallest absolute Gasteiger partial charge is 0.0738 e. The predicted molar refractivity (Wildman–Crippen MR) is 194 cm³/mol. The molecule has 2 aliphatic heterocycles. The van der Waals surface area contributed by atoms with Crippen LogP contribution in [0.1, 0.15) is 22.8 Å². The van der Waals surface area contributed by atoms with E-state index in [0.29, 0.717) is 0 Å². The number of hydrogen-bond acceptors (Lipinski definition) is 5. The Bertz CT molecular complexity index is 2390. The molecule has 7 heteroatoms. The van der Waals surface area contributed by atoms with Crippen LogP contribution in [0, 0.1) is 0 Å². The highest BCUT2D eigenvalue weighted by atomic mass is 14.8. The van der Waals surface area contributed by atoms with Crippen molar-refractivity contribution in [1.29, 1.82) is 0 Å². The highest BCUT2D eigenvalue weighted by Crippen LogP contribution is 2.38. The van der Waals surface area contributed by atoms with Gasteiger partial charge in [-0.3, -0.25) is 15.0 Å². The Hall–Kier alpha value is -6.73. The second-order valence-corrected chi connectivity index (χ2v) is 11.6. The number of nitrogens with zero attached hydrogens (tertiary/aromatic N) is 5. The lowest BCUT2D eigenvalue weighted by molar-refractivity contribution is 1.26. The first-order chi connectivity index (χ1) is 23.8. The third kappa shape index (κ3) is 4.82. The molecular weight excluding hydrogens is 591 g/mol. The largest absolute Gasteiger partial charge is 0.354 e. The number of pyridine rings is 3. The molecule has 7 aromatic rings. The molecule has 0 unspecified atom stereocenters. The van der Waals surface area contributed by atoms with Gasteiger partial charge in [-0.05, 0) is 107 Å². The minimum absolute atomic E-state index is 0.829. The summed E-state index contributed by atoms with van der Waals surface area (Å²) in [5.41, 5.74) is 15.3. The number of fused-ring (bicyclic) bond motifs is 8. The lowest BCUT2D eigenvalue weighted by Crippen LogP contribution is -1.91. The fourth-order valence-electron chi connectivity index (χ4n) is 6.58. The zero-order valence-electron chi connectivity index (χ0n) is 25.7. The Kier molecular flexibility index (Phi) is 6.64. The molecule has 0 atom stereocenters. The number of nitrogens with one attached hydrogen (secondary N) is 2. The van der Waals surface area contributed by atoms with Gasteiger partial charge in [0.1, 0.15) is 0 Å². The van der Waals surface area contributed by atoms with Gasteiger partial charge in [0.2, 0.25) is 0 Å². The average Bonchev–Trinajstić information content (AvgIpc) is 3.98. The van der Waals surface area contributed by atoms with E-state index in [4.69, 9.17) is 9.97 Å². The van der Waals surface area contributed by atoms with Crippen molar-refractivity contribution in [2.45, 2.75) is 0 Å². The molecule has 0 saturated heterocycles. The zero-order chi connectivity index (χ0) is 31.9. The monoisotopic (exact) mass is 617 g/mol. The first-order valence-corrected chi connectivity index (χ1v) is 15.7. The van der Waals surface area contributed by atoms with Gasteiger partial charge in [0, 0.05) is 81.5 Å². The summed E-state index contributed by atoms with van der Waals surface area (Å²) in [6.45, 7) is 0.